The van der Waals surface area contributed by atoms with Crippen LogP contribution in [0.1, 0.15) is 23.0 Å². The minimum atomic E-state index is 0.274. The molecule has 22 heavy (non-hydrogen) atoms. The molecule has 3 aromatic rings. The fraction of sp³-hybridized carbons (Fsp3) is 0.278. The molecule has 2 aromatic carbocycles. The van der Waals surface area contributed by atoms with Gasteiger partial charge in [0.2, 0.25) is 0 Å². The summed E-state index contributed by atoms with van der Waals surface area (Å²) in [5, 5.41) is 2.65. The smallest absolute Gasteiger partial charge is 0.122 e. The van der Waals surface area contributed by atoms with Crippen molar-refractivity contribution in [2.75, 3.05) is 6.54 Å². The van der Waals surface area contributed by atoms with Crippen molar-refractivity contribution in [2.24, 2.45) is 12.8 Å². The molecular weight excluding hydrogens is 272 g/mol. The summed E-state index contributed by atoms with van der Waals surface area (Å²) in [6.07, 6.45) is 3.84. The fourth-order valence-corrected chi connectivity index (χ4v) is 3.52. The molecule has 4 nitrogen and oxygen atoms in total. The van der Waals surface area contributed by atoms with Gasteiger partial charge in [-0.05, 0) is 21.9 Å². The highest BCUT2D eigenvalue weighted by Gasteiger charge is 2.30. The molecule has 0 radical (unpaired) electrons. The van der Waals surface area contributed by atoms with E-state index in [1.54, 1.807) is 0 Å². The van der Waals surface area contributed by atoms with Crippen LogP contribution in [0.5, 0.6) is 0 Å². The average molecular weight is 292 g/mol. The van der Waals surface area contributed by atoms with Gasteiger partial charge in [0.1, 0.15) is 5.82 Å². The summed E-state index contributed by atoms with van der Waals surface area (Å²) in [7, 11) is 2.04. The largest absolute Gasteiger partial charge is 0.337 e. The maximum Gasteiger partial charge on any atom is 0.122 e. The van der Waals surface area contributed by atoms with Crippen LogP contribution in [-0.2, 0) is 20.1 Å². The van der Waals surface area contributed by atoms with Crippen molar-refractivity contribution in [2.45, 2.75) is 19.1 Å². The molecule has 1 unspecified atom stereocenters. The molecule has 4 rings (SSSR count). The Morgan fingerprint density at radius 1 is 1.23 bits per heavy atom. The van der Waals surface area contributed by atoms with E-state index in [-0.39, 0.29) is 6.04 Å². The number of imidazole rings is 1. The number of nitrogens with two attached hydrogens (primary N) is 1. The normalized spacial score (nSPS) is 18.0. The molecule has 0 bridgehead atoms. The molecule has 1 aromatic heterocycles. The van der Waals surface area contributed by atoms with Crippen LogP contribution in [0.2, 0.25) is 0 Å². The average Bonchev–Trinajstić information content (AvgIpc) is 3.11. The molecule has 0 fully saturated rings. The lowest BCUT2D eigenvalue weighted by molar-refractivity contribution is 0.204. The van der Waals surface area contributed by atoms with Crippen molar-refractivity contribution in [1.29, 1.82) is 0 Å². The van der Waals surface area contributed by atoms with Crippen molar-refractivity contribution in [3.05, 3.63) is 65.7 Å². The lowest BCUT2D eigenvalue weighted by Crippen LogP contribution is -2.28. The maximum atomic E-state index is 6.08. The quantitative estimate of drug-likeness (QED) is 0.807. The van der Waals surface area contributed by atoms with Crippen molar-refractivity contribution < 1.29 is 0 Å². The predicted octanol–water partition coefficient (Wildman–Crippen LogP) is 2.59. The van der Waals surface area contributed by atoms with Gasteiger partial charge in [-0.2, -0.15) is 0 Å². The molecule has 0 saturated carbocycles. The van der Waals surface area contributed by atoms with Gasteiger partial charge in [0.25, 0.3) is 0 Å². The lowest BCUT2D eigenvalue weighted by Gasteiger charge is -2.23. The highest BCUT2D eigenvalue weighted by atomic mass is 15.2. The first kappa shape index (κ1) is 13.5. The van der Waals surface area contributed by atoms with Crippen LogP contribution in [0.15, 0.2) is 48.8 Å². The lowest BCUT2D eigenvalue weighted by atomic mass is 9.98. The topological polar surface area (TPSA) is 47.1 Å². The van der Waals surface area contributed by atoms with Crippen LogP contribution in [0, 0.1) is 0 Å². The van der Waals surface area contributed by atoms with Gasteiger partial charge >= 0.3 is 0 Å². The van der Waals surface area contributed by atoms with Crippen molar-refractivity contribution in [3.63, 3.8) is 0 Å². The second kappa shape index (κ2) is 5.23. The Bertz CT molecular complexity index is 821. The number of fused-ring (bicyclic) bond motifs is 3. The second-order valence-corrected chi connectivity index (χ2v) is 5.97. The zero-order chi connectivity index (χ0) is 15.1. The molecule has 112 valence electrons. The minimum absolute atomic E-state index is 0.274. The van der Waals surface area contributed by atoms with E-state index >= 15 is 0 Å². The van der Waals surface area contributed by atoms with E-state index in [2.05, 4.69) is 50.8 Å². The molecule has 0 spiro atoms. The Morgan fingerprint density at radius 2 is 2.09 bits per heavy atom. The van der Waals surface area contributed by atoms with Crippen LogP contribution in [-0.4, -0.2) is 21.0 Å². The third kappa shape index (κ3) is 2.03. The van der Waals surface area contributed by atoms with Crippen LogP contribution >= 0.6 is 0 Å². The molecule has 1 aliphatic heterocycles. The van der Waals surface area contributed by atoms with Gasteiger partial charge in [-0.15, -0.1) is 0 Å². The zero-order valence-electron chi connectivity index (χ0n) is 12.7. The first-order chi connectivity index (χ1) is 10.8. The van der Waals surface area contributed by atoms with Crippen LogP contribution < -0.4 is 5.73 Å². The first-order valence-corrected chi connectivity index (χ1v) is 7.69. The van der Waals surface area contributed by atoms with Gasteiger partial charge in [0.15, 0.2) is 0 Å². The minimum Gasteiger partial charge on any atom is -0.337 e. The third-order valence-electron chi connectivity index (χ3n) is 4.73. The molecule has 1 aliphatic rings. The molecule has 0 amide bonds. The standard InChI is InChI=1S/C18H20N4/c1-21-9-8-20-18(21)12-22-11-16-14-5-3-2-4-13(14)6-7-15(16)17(22)10-19/h2-9,17H,10-12,19H2,1H3. The summed E-state index contributed by atoms with van der Waals surface area (Å²) >= 11 is 0. The maximum absolute atomic E-state index is 6.08. The van der Waals surface area contributed by atoms with E-state index in [0.29, 0.717) is 6.54 Å². The second-order valence-electron chi connectivity index (χ2n) is 5.97. The Balaban J connectivity index is 1.75. The van der Waals surface area contributed by atoms with Crippen molar-refractivity contribution in [3.8, 4) is 0 Å². The molecule has 2 heterocycles. The number of hydrogen-bond acceptors (Lipinski definition) is 3. The van der Waals surface area contributed by atoms with Gasteiger partial charge in [-0.25, -0.2) is 4.98 Å². The van der Waals surface area contributed by atoms with Crippen LogP contribution in [0.25, 0.3) is 10.8 Å². The van der Waals surface area contributed by atoms with E-state index in [1.165, 1.54) is 21.9 Å². The van der Waals surface area contributed by atoms with Crippen LogP contribution in [0.4, 0.5) is 0 Å². The summed E-state index contributed by atoms with van der Waals surface area (Å²) in [5.41, 5.74) is 8.87. The highest BCUT2D eigenvalue weighted by Crippen LogP contribution is 2.38. The number of hydrogen-bond donors (Lipinski definition) is 1. The van der Waals surface area contributed by atoms with E-state index in [4.69, 9.17) is 5.73 Å². The third-order valence-corrected chi connectivity index (χ3v) is 4.73. The Labute approximate surface area is 130 Å². The summed E-state index contributed by atoms with van der Waals surface area (Å²) in [4.78, 5) is 6.88. The molecule has 0 saturated heterocycles. The Kier molecular flexibility index (Phi) is 3.21. The Hall–Kier alpha value is -2.17. The summed E-state index contributed by atoms with van der Waals surface area (Å²) in [6, 6.07) is 13.3. The fourth-order valence-electron chi connectivity index (χ4n) is 3.52. The summed E-state index contributed by atoms with van der Waals surface area (Å²) < 4.78 is 2.08. The molecule has 4 heteroatoms. The summed E-state index contributed by atoms with van der Waals surface area (Å²) in [5.74, 6) is 1.08. The van der Waals surface area contributed by atoms with Crippen LogP contribution in [0.3, 0.4) is 0 Å². The Morgan fingerprint density at radius 3 is 2.86 bits per heavy atom. The number of aryl methyl sites for hydroxylation is 1. The first-order valence-electron chi connectivity index (χ1n) is 7.69. The van der Waals surface area contributed by atoms with Crippen molar-refractivity contribution in [1.82, 2.24) is 14.5 Å². The van der Waals surface area contributed by atoms with Gasteiger partial charge < -0.3 is 10.3 Å². The van der Waals surface area contributed by atoms with E-state index in [1.807, 2.05) is 19.4 Å². The van der Waals surface area contributed by atoms with Crippen molar-refractivity contribution >= 4 is 10.8 Å². The number of benzene rings is 2. The van der Waals surface area contributed by atoms with E-state index in [0.717, 1.165) is 18.9 Å². The number of nitrogens with zero attached hydrogens (tertiary/aromatic N) is 3. The molecule has 1 atom stereocenters. The zero-order valence-corrected chi connectivity index (χ0v) is 12.7. The van der Waals surface area contributed by atoms with Gasteiger partial charge in [-0.1, -0.05) is 36.4 Å². The molecular formula is C18H20N4. The van der Waals surface area contributed by atoms with E-state index in [9.17, 15) is 0 Å². The SMILES string of the molecule is Cn1ccnc1CN1Cc2c(ccc3ccccc23)C1CN. The monoisotopic (exact) mass is 292 g/mol. The molecule has 2 N–H and O–H groups in total. The molecule has 0 aliphatic carbocycles. The predicted molar refractivity (Wildman–Crippen MR) is 88.2 cm³/mol. The van der Waals surface area contributed by atoms with Gasteiger partial charge in [0, 0.05) is 38.6 Å². The van der Waals surface area contributed by atoms with Gasteiger partial charge in [0.05, 0.1) is 6.54 Å². The highest BCUT2D eigenvalue weighted by molar-refractivity contribution is 5.87. The number of aromatic nitrogens is 2. The van der Waals surface area contributed by atoms with E-state index < -0.39 is 0 Å². The summed E-state index contributed by atoms with van der Waals surface area (Å²) in [6.45, 7) is 2.40. The van der Waals surface area contributed by atoms with Gasteiger partial charge in [-0.3, -0.25) is 4.90 Å². The number of rotatable bonds is 3.